The van der Waals surface area contributed by atoms with E-state index in [1.165, 1.54) is 16.7 Å². The summed E-state index contributed by atoms with van der Waals surface area (Å²) >= 11 is 0. The molecule has 1 unspecified atom stereocenters. The molecule has 1 N–H and O–H groups in total. The predicted octanol–water partition coefficient (Wildman–Crippen LogP) is 3.52. The molecule has 1 aromatic carbocycles. The van der Waals surface area contributed by atoms with Crippen LogP contribution in [-0.4, -0.2) is 9.78 Å². The van der Waals surface area contributed by atoms with E-state index in [4.69, 9.17) is 0 Å². The Bertz CT molecular complexity index is 555. The maximum Gasteiger partial charge on any atom is 0.0825 e. The van der Waals surface area contributed by atoms with E-state index in [1.807, 2.05) is 24.9 Å². The van der Waals surface area contributed by atoms with Gasteiger partial charge in [-0.15, -0.1) is 0 Å². The van der Waals surface area contributed by atoms with Crippen molar-refractivity contribution in [3.8, 4) is 0 Å². The molecule has 18 heavy (non-hydrogen) atoms. The van der Waals surface area contributed by atoms with E-state index in [-0.39, 0.29) is 6.04 Å². The van der Waals surface area contributed by atoms with E-state index in [1.54, 1.807) is 0 Å². The largest absolute Gasteiger partial charge is 0.376 e. The van der Waals surface area contributed by atoms with Crippen molar-refractivity contribution < 1.29 is 0 Å². The zero-order valence-electron chi connectivity index (χ0n) is 11.8. The van der Waals surface area contributed by atoms with Gasteiger partial charge in [0.05, 0.1) is 11.4 Å². The Morgan fingerprint density at radius 2 is 1.94 bits per heavy atom. The fraction of sp³-hybridized carbons (Fsp3) is 0.400. The van der Waals surface area contributed by atoms with Crippen molar-refractivity contribution in [3.63, 3.8) is 0 Å². The van der Waals surface area contributed by atoms with Gasteiger partial charge in [-0.25, -0.2) is 0 Å². The number of aromatic nitrogens is 2. The monoisotopic (exact) mass is 243 g/mol. The lowest BCUT2D eigenvalue weighted by Gasteiger charge is -2.17. The van der Waals surface area contributed by atoms with Crippen molar-refractivity contribution >= 4 is 5.69 Å². The normalized spacial score (nSPS) is 12.5. The standard InChI is InChI=1S/C15H21N3/c1-10-6-7-14(11(2)8-10)12(3)16-15-9-18(5)17-13(15)4/h6-9,12,16H,1-5H3. The molecule has 0 aliphatic heterocycles. The molecule has 0 saturated heterocycles. The molecule has 96 valence electrons. The molecule has 2 rings (SSSR count). The first-order valence-corrected chi connectivity index (χ1v) is 6.31. The van der Waals surface area contributed by atoms with Crippen molar-refractivity contribution in [3.05, 3.63) is 46.8 Å². The van der Waals surface area contributed by atoms with Crippen LogP contribution in [0, 0.1) is 20.8 Å². The lowest BCUT2D eigenvalue weighted by Crippen LogP contribution is -2.08. The first kappa shape index (κ1) is 12.7. The van der Waals surface area contributed by atoms with Crippen LogP contribution in [-0.2, 0) is 7.05 Å². The summed E-state index contributed by atoms with van der Waals surface area (Å²) in [6.45, 7) is 8.50. The summed E-state index contributed by atoms with van der Waals surface area (Å²) in [4.78, 5) is 0. The molecule has 2 aromatic rings. The zero-order valence-corrected chi connectivity index (χ0v) is 11.8. The average molecular weight is 243 g/mol. The molecular weight excluding hydrogens is 222 g/mol. The fourth-order valence-electron chi connectivity index (χ4n) is 2.36. The number of anilines is 1. The van der Waals surface area contributed by atoms with Gasteiger partial charge in [0, 0.05) is 19.3 Å². The summed E-state index contributed by atoms with van der Waals surface area (Å²) in [7, 11) is 1.94. The second-order valence-corrected chi connectivity index (χ2v) is 5.03. The quantitative estimate of drug-likeness (QED) is 0.894. The fourth-order valence-corrected chi connectivity index (χ4v) is 2.36. The minimum atomic E-state index is 0.286. The maximum absolute atomic E-state index is 4.35. The molecule has 0 spiro atoms. The number of aryl methyl sites for hydroxylation is 4. The molecule has 0 bridgehead atoms. The van der Waals surface area contributed by atoms with Crippen molar-refractivity contribution in [2.75, 3.05) is 5.32 Å². The van der Waals surface area contributed by atoms with Crippen LogP contribution in [0.1, 0.15) is 35.3 Å². The number of benzene rings is 1. The summed E-state index contributed by atoms with van der Waals surface area (Å²) in [6, 6.07) is 6.88. The van der Waals surface area contributed by atoms with Gasteiger partial charge < -0.3 is 5.32 Å². The molecule has 0 aliphatic carbocycles. The summed E-state index contributed by atoms with van der Waals surface area (Å²) in [5.41, 5.74) is 6.11. The van der Waals surface area contributed by atoms with Crippen LogP contribution in [0.2, 0.25) is 0 Å². The molecular formula is C15H21N3. The Kier molecular flexibility index (Phi) is 3.41. The van der Waals surface area contributed by atoms with Gasteiger partial charge in [-0.3, -0.25) is 4.68 Å². The molecule has 1 aromatic heterocycles. The van der Waals surface area contributed by atoms with E-state index >= 15 is 0 Å². The number of nitrogens with one attached hydrogen (secondary N) is 1. The molecule has 3 nitrogen and oxygen atoms in total. The summed E-state index contributed by atoms with van der Waals surface area (Å²) in [5.74, 6) is 0. The van der Waals surface area contributed by atoms with Crippen LogP contribution in [0.25, 0.3) is 0 Å². The van der Waals surface area contributed by atoms with Gasteiger partial charge in [0.15, 0.2) is 0 Å². The highest BCUT2D eigenvalue weighted by Gasteiger charge is 2.11. The van der Waals surface area contributed by atoms with Gasteiger partial charge in [0.25, 0.3) is 0 Å². The second-order valence-electron chi connectivity index (χ2n) is 5.03. The molecule has 1 atom stereocenters. The van der Waals surface area contributed by atoms with E-state index in [9.17, 15) is 0 Å². The Morgan fingerprint density at radius 1 is 1.22 bits per heavy atom. The maximum atomic E-state index is 4.35. The average Bonchev–Trinajstić information content (AvgIpc) is 2.57. The molecule has 0 fully saturated rings. The third-order valence-electron chi connectivity index (χ3n) is 3.28. The first-order chi connectivity index (χ1) is 8.47. The molecule has 1 heterocycles. The van der Waals surface area contributed by atoms with E-state index < -0.39 is 0 Å². The van der Waals surface area contributed by atoms with E-state index in [0.717, 1.165) is 11.4 Å². The topological polar surface area (TPSA) is 29.9 Å². The highest BCUT2D eigenvalue weighted by atomic mass is 15.3. The Labute approximate surface area is 109 Å². The zero-order chi connectivity index (χ0) is 13.3. The first-order valence-electron chi connectivity index (χ1n) is 6.31. The SMILES string of the molecule is Cc1ccc(C(C)Nc2cn(C)nc2C)c(C)c1. The Hall–Kier alpha value is -1.77. The number of hydrogen-bond acceptors (Lipinski definition) is 2. The molecule has 0 amide bonds. The van der Waals surface area contributed by atoms with Gasteiger partial charge in [0.2, 0.25) is 0 Å². The molecule has 0 aliphatic rings. The minimum absolute atomic E-state index is 0.286. The number of rotatable bonds is 3. The highest BCUT2D eigenvalue weighted by Crippen LogP contribution is 2.24. The number of hydrogen-bond donors (Lipinski definition) is 1. The van der Waals surface area contributed by atoms with E-state index in [0.29, 0.717) is 0 Å². The molecule has 0 radical (unpaired) electrons. The van der Waals surface area contributed by atoms with Crippen molar-refractivity contribution in [1.29, 1.82) is 0 Å². The van der Waals surface area contributed by atoms with Crippen molar-refractivity contribution in [2.45, 2.75) is 33.7 Å². The lowest BCUT2D eigenvalue weighted by molar-refractivity contribution is 0.756. The van der Waals surface area contributed by atoms with Gasteiger partial charge >= 0.3 is 0 Å². The van der Waals surface area contributed by atoms with Gasteiger partial charge in [0.1, 0.15) is 0 Å². The van der Waals surface area contributed by atoms with Crippen LogP contribution >= 0.6 is 0 Å². The third kappa shape index (κ3) is 2.55. The second kappa shape index (κ2) is 4.84. The lowest BCUT2D eigenvalue weighted by atomic mass is 10.0. The summed E-state index contributed by atoms with van der Waals surface area (Å²) in [5, 5.41) is 7.87. The third-order valence-corrected chi connectivity index (χ3v) is 3.28. The van der Waals surface area contributed by atoms with Crippen LogP contribution in [0.3, 0.4) is 0 Å². The van der Waals surface area contributed by atoms with Gasteiger partial charge in [-0.1, -0.05) is 23.8 Å². The smallest absolute Gasteiger partial charge is 0.0825 e. The van der Waals surface area contributed by atoms with Crippen LogP contribution < -0.4 is 5.32 Å². The summed E-state index contributed by atoms with van der Waals surface area (Å²) in [6.07, 6.45) is 2.02. The minimum Gasteiger partial charge on any atom is -0.376 e. The summed E-state index contributed by atoms with van der Waals surface area (Å²) < 4.78 is 1.84. The van der Waals surface area contributed by atoms with Crippen LogP contribution in [0.15, 0.2) is 24.4 Å². The van der Waals surface area contributed by atoms with Crippen molar-refractivity contribution in [1.82, 2.24) is 9.78 Å². The van der Waals surface area contributed by atoms with Crippen molar-refractivity contribution in [2.24, 2.45) is 7.05 Å². The van der Waals surface area contributed by atoms with E-state index in [2.05, 4.69) is 49.4 Å². The number of nitrogens with zero attached hydrogens (tertiary/aromatic N) is 2. The van der Waals surface area contributed by atoms with Gasteiger partial charge in [-0.05, 0) is 38.8 Å². The van der Waals surface area contributed by atoms with Crippen LogP contribution in [0.5, 0.6) is 0 Å². The molecule has 0 saturated carbocycles. The van der Waals surface area contributed by atoms with Crippen LogP contribution in [0.4, 0.5) is 5.69 Å². The predicted molar refractivity (Wildman–Crippen MR) is 75.9 cm³/mol. The molecule has 3 heteroatoms. The highest BCUT2D eigenvalue weighted by molar-refractivity contribution is 5.48. The van der Waals surface area contributed by atoms with Gasteiger partial charge in [-0.2, -0.15) is 5.10 Å². The Balaban J connectivity index is 2.21. The Morgan fingerprint density at radius 3 is 2.50 bits per heavy atom.